The molecule has 1 saturated carbocycles. The summed E-state index contributed by atoms with van der Waals surface area (Å²) in [5.41, 5.74) is 8.10. The molecule has 1 amide bonds. The van der Waals surface area contributed by atoms with Gasteiger partial charge in [-0.1, -0.05) is 6.07 Å². The molecule has 2 unspecified atom stereocenters. The highest BCUT2D eigenvalue weighted by molar-refractivity contribution is 6.09. The number of benzene rings is 1. The molecule has 2 aliphatic rings. The summed E-state index contributed by atoms with van der Waals surface area (Å²) in [6.07, 6.45) is 3.88. The molecule has 5 nitrogen and oxygen atoms in total. The molecule has 2 atom stereocenters. The van der Waals surface area contributed by atoms with Crippen molar-refractivity contribution < 1.29 is 4.79 Å². The van der Waals surface area contributed by atoms with Gasteiger partial charge in [0, 0.05) is 24.8 Å². The molecule has 0 spiro atoms. The highest BCUT2D eigenvalue weighted by atomic mass is 16.1. The summed E-state index contributed by atoms with van der Waals surface area (Å²) >= 11 is 0. The van der Waals surface area contributed by atoms with Crippen LogP contribution in [0.1, 0.15) is 36.7 Å². The zero-order chi connectivity index (χ0) is 14.6. The highest BCUT2D eigenvalue weighted by Crippen LogP contribution is 2.42. The Kier molecular flexibility index (Phi) is 2.71. The summed E-state index contributed by atoms with van der Waals surface area (Å²) in [5.74, 6) is 0.368. The van der Waals surface area contributed by atoms with Crippen LogP contribution in [-0.2, 0) is 6.54 Å². The van der Waals surface area contributed by atoms with Gasteiger partial charge in [-0.25, -0.2) is 0 Å². The fraction of sp³-hybridized carbons (Fsp3) is 0.500. The maximum absolute atomic E-state index is 11.8. The van der Waals surface area contributed by atoms with E-state index < -0.39 is 5.91 Å². The Balaban J connectivity index is 1.93. The predicted molar refractivity (Wildman–Crippen MR) is 82.4 cm³/mol. The molecule has 2 bridgehead atoms. The molecular weight excluding hydrogens is 264 g/mol. The van der Waals surface area contributed by atoms with Crippen LogP contribution < -0.4 is 10.6 Å². The van der Waals surface area contributed by atoms with E-state index in [1.165, 1.54) is 19.3 Å². The minimum Gasteiger partial charge on any atom is -0.368 e. The molecule has 1 aromatic carbocycles. The summed E-state index contributed by atoms with van der Waals surface area (Å²) < 4.78 is 1.87. The molecular formula is C16H20N4O. The number of aromatic nitrogens is 2. The van der Waals surface area contributed by atoms with E-state index in [1.54, 1.807) is 0 Å². The van der Waals surface area contributed by atoms with E-state index in [2.05, 4.69) is 22.1 Å². The average Bonchev–Trinajstić information content (AvgIpc) is 3.19. The lowest BCUT2D eigenvalue weighted by molar-refractivity contribution is 0.0996. The van der Waals surface area contributed by atoms with Crippen molar-refractivity contribution in [3.63, 3.8) is 0 Å². The first-order valence-electron chi connectivity index (χ1n) is 7.75. The fourth-order valence-corrected chi connectivity index (χ4v) is 4.08. The summed E-state index contributed by atoms with van der Waals surface area (Å²) in [6, 6.07) is 6.81. The number of amides is 1. The van der Waals surface area contributed by atoms with Crippen LogP contribution in [0, 0.1) is 5.92 Å². The first-order valence-corrected chi connectivity index (χ1v) is 7.75. The second-order valence-corrected chi connectivity index (χ2v) is 6.19. The van der Waals surface area contributed by atoms with Crippen molar-refractivity contribution in [2.24, 2.45) is 11.7 Å². The Morgan fingerprint density at radius 3 is 2.90 bits per heavy atom. The minimum atomic E-state index is -0.441. The summed E-state index contributed by atoms with van der Waals surface area (Å²) in [5, 5.41) is 5.35. The molecule has 110 valence electrons. The smallest absolute Gasteiger partial charge is 0.269 e. The molecule has 2 N–H and O–H groups in total. The van der Waals surface area contributed by atoms with Gasteiger partial charge in [0.15, 0.2) is 5.69 Å². The van der Waals surface area contributed by atoms with Gasteiger partial charge in [-0.05, 0) is 44.2 Å². The van der Waals surface area contributed by atoms with Crippen molar-refractivity contribution in [1.82, 2.24) is 9.78 Å². The molecule has 1 saturated heterocycles. The van der Waals surface area contributed by atoms with Crippen LogP contribution in [0.4, 0.5) is 5.69 Å². The van der Waals surface area contributed by atoms with Gasteiger partial charge < -0.3 is 10.6 Å². The minimum absolute atomic E-state index is 0.408. The monoisotopic (exact) mass is 284 g/mol. The van der Waals surface area contributed by atoms with Crippen molar-refractivity contribution in [3.8, 4) is 0 Å². The van der Waals surface area contributed by atoms with E-state index in [-0.39, 0.29) is 0 Å². The molecule has 1 aromatic heterocycles. The Bertz CT molecular complexity index is 720. The van der Waals surface area contributed by atoms with E-state index in [1.807, 2.05) is 17.7 Å². The van der Waals surface area contributed by atoms with Gasteiger partial charge in [-0.3, -0.25) is 9.48 Å². The van der Waals surface area contributed by atoms with Crippen molar-refractivity contribution in [1.29, 1.82) is 0 Å². The first kappa shape index (κ1) is 12.7. The number of aryl methyl sites for hydroxylation is 1. The maximum atomic E-state index is 11.8. The maximum Gasteiger partial charge on any atom is 0.269 e. The van der Waals surface area contributed by atoms with E-state index >= 15 is 0 Å². The number of nitrogens with zero attached hydrogens (tertiary/aromatic N) is 3. The highest BCUT2D eigenvalue weighted by Gasteiger charge is 2.39. The number of piperidine rings is 1. The number of anilines is 1. The van der Waals surface area contributed by atoms with Crippen LogP contribution in [0.25, 0.3) is 10.9 Å². The number of carbonyl (C=O) groups excluding carboxylic acids is 1. The summed E-state index contributed by atoms with van der Waals surface area (Å²) in [6.45, 7) is 3.86. The Morgan fingerprint density at radius 2 is 2.29 bits per heavy atom. The number of primary amides is 1. The van der Waals surface area contributed by atoms with Gasteiger partial charge in [0.1, 0.15) is 0 Å². The van der Waals surface area contributed by atoms with Crippen LogP contribution in [-0.4, -0.2) is 28.3 Å². The zero-order valence-electron chi connectivity index (χ0n) is 12.2. The number of hydrogen-bond acceptors (Lipinski definition) is 3. The molecule has 4 rings (SSSR count). The second-order valence-electron chi connectivity index (χ2n) is 6.19. The quantitative estimate of drug-likeness (QED) is 0.939. The third-order valence-electron chi connectivity index (χ3n) is 5.01. The molecule has 2 heterocycles. The third-order valence-corrected chi connectivity index (χ3v) is 5.01. The van der Waals surface area contributed by atoms with E-state index in [0.29, 0.717) is 11.7 Å². The van der Waals surface area contributed by atoms with Crippen molar-refractivity contribution in [3.05, 3.63) is 23.9 Å². The Labute approximate surface area is 123 Å². The standard InChI is InChI=1S/C16H20N4O/c1-2-20-13-5-3-4-12(14(13)15(18-20)16(17)21)19-9-10-6-7-11(19)8-10/h3-5,10-11H,2,6-9H2,1H3,(H2,17,21). The van der Waals surface area contributed by atoms with Crippen LogP contribution in [0.2, 0.25) is 0 Å². The summed E-state index contributed by atoms with van der Waals surface area (Å²) in [7, 11) is 0. The molecule has 1 aliphatic carbocycles. The number of rotatable bonds is 3. The predicted octanol–water partition coefficient (Wildman–Crippen LogP) is 2.14. The Morgan fingerprint density at radius 1 is 1.43 bits per heavy atom. The lowest BCUT2D eigenvalue weighted by atomic mass is 10.1. The molecule has 5 heteroatoms. The van der Waals surface area contributed by atoms with E-state index in [0.717, 1.165) is 35.6 Å². The normalized spacial score (nSPS) is 24.1. The largest absolute Gasteiger partial charge is 0.368 e. The SMILES string of the molecule is CCn1nc(C(N)=O)c2c(N3CC4CCC3C4)cccc21. The van der Waals surface area contributed by atoms with Crippen molar-refractivity contribution in [2.45, 2.75) is 38.8 Å². The fourth-order valence-electron chi connectivity index (χ4n) is 4.08. The van der Waals surface area contributed by atoms with Gasteiger partial charge in [0.05, 0.1) is 10.9 Å². The molecule has 2 fully saturated rings. The topological polar surface area (TPSA) is 64.2 Å². The molecule has 21 heavy (non-hydrogen) atoms. The van der Waals surface area contributed by atoms with Gasteiger partial charge in [0.25, 0.3) is 5.91 Å². The van der Waals surface area contributed by atoms with Crippen LogP contribution in [0.15, 0.2) is 18.2 Å². The van der Waals surface area contributed by atoms with Gasteiger partial charge in [0.2, 0.25) is 0 Å². The molecule has 0 radical (unpaired) electrons. The number of nitrogens with two attached hydrogens (primary N) is 1. The Hall–Kier alpha value is -2.04. The van der Waals surface area contributed by atoms with E-state index in [4.69, 9.17) is 5.73 Å². The number of fused-ring (bicyclic) bond motifs is 3. The number of hydrogen-bond donors (Lipinski definition) is 1. The van der Waals surface area contributed by atoms with Crippen LogP contribution in [0.5, 0.6) is 0 Å². The molecule has 1 aliphatic heterocycles. The summed E-state index contributed by atoms with van der Waals surface area (Å²) in [4.78, 5) is 14.3. The van der Waals surface area contributed by atoms with Crippen molar-refractivity contribution in [2.75, 3.05) is 11.4 Å². The average molecular weight is 284 g/mol. The van der Waals surface area contributed by atoms with Crippen LogP contribution >= 0.6 is 0 Å². The van der Waals surface area contributed by atoms with E-state index in [9.17, 15) is 4.79 Å². The lowest BCUT2D eigenvalue weighted by Crippen LogP contribution is -2.32. The molecule has 2 aromatic rings. The lowest BCUT2D eigenvalue weighted by Gasteiger charge is -2.29. The van der Waals surface area contributed by atoms with Gasteiger partial charge in [-0.15, -0.1) is 0 Å². The van der Waals surface area contributed by atoms with Crippen LogP contribution in [0.3, 0.4) is 0 Å². The van der Waals surface area contributed by atoms with Crippen molar-refractivity contribution >= 4 is 22.5 Å². The zero-order valence-corrected chi connectivity index (χ0v) is 12.2. The van der Waals surface area contributed by atoms with Gasteiger partial charge >= 0.3 is 0 Å². The van der Waals surface area contributed by atoms with Gasteiger partial charge in [-0.2, -0.15) is 5.10 Å². The second kappa shape index (κ2) is 4.48. The first-order chi connectivity index (χ1) is 10.2. The third kappa shape index (κ3) is 1.76. The number of carbonyl (C=O) groups is 1.